The lowest BCUT2D eigenvalue weighted by Crippen LogP contribution is -2.01. The predicted octanol–water partition coefficient (Wildman–Crippen LogP) is 4.84. The molecule has 0 unspecified atom stereocenters. The van der Waals surface area contributed by atoms with Crippen molar-refractivity contribution in [2.24, 2.45) is 0 Å². The van der Waals surface area contributed by atoms with Crippen molar-refractivity contribution >= 4 is 45.5 Å². The molecule has 0 atom stereocenters. The van der Waals surface area contributed by atoms with Gasteiger partial charge in [0.25, 0.3) is 0 Å². The van der Waals surface area contributed by atoms with Gasteiger partial charge in [-0.05, 0) is 71.8 Å². The first kappa shape index (κ1) is 13.4. The highest BCUT2D eigenvalue weighted by Gasteiger charge is 2.21. The number of nitrogens with zero attached hydrogens (tertiary/aromatic N) is 3. The Morgan fingerprint density at radius 1 is 1.04 bits per heavy atom. The van der Waals surface area contributed by atoms with E-state index in [2.05, 4.69) is 92.2 Å². The fraction of sp³-hybridized carbons (Fsp3) is 0.105. The first-order valence-corrected chi connectivity index (χ1v) is 8.84. The Morgan fingerprint density at radius 2 is 1.91 bits per heavy atom. The van der Waals surface area contributed by atoms with Crippen LogP contribution in [0.5, 0.6) is 0 Å². The molecule has 0 spiro atoms. The van der Waals surface area contributed by atoms with E-state index in [1.807, 2.05) is 0 Å². The molecule has 112 valence electrons. The Morgan fingerprint density at radius 3 is 2.78 bits per heavy atom. The lowest BCUT2D eigenvalue weighted by atomic mass is 10.1. The minimum atomic E-state index is 1.00. The summed E-state index contributed by atoms with van der Waals surface area (Å²) in [5.74, 6) is 1.00. The van der Waals surface area contributed by atoms with Gasteiger partial charge in [-0.1, -0.05) is 24.3 Å². The van der Waals surface area contributed by atoms with Crippen LogP contribution in [0.3, 0.4) is 0 Å². The maximum Gasteiger partial charge on any atom is 0.220 e. The number of fused-ring (bicyclic) bond motifs is 5. The number of rotatable bonds is 1. The van der Waals surface area contributed by atoms with E-state index in [9.17, 15) is 0 Å². The number of aryl methyl sites for hydroxylation is 1. The molecular weight excluding hydrogens is 397 g/mol. The molecule has 0 fully saturated rings. The lowest BCUT2D eigenvalue weighted by Gasteiger charge is -2.10. The molecule has 0 radical (unpaired) electrons. The Labute approximate surface area is 147 Å². The minimum absolute atomic E-state index is 1.00. The van der Waals surface area contributed by atoms with Crippen molar-refractivity contribution in [1.29, 1.82) is 0 Å². The van der Waals surface area contributed by atoms with Crippen molar-refractivity contribution in [3.63, 3.8) is 0 Å². The molecule has 2 aromatic carbocycles. The van der Waals surface area contributed by atoms with Crippen molar-refractivity contribution in [3.8, 4) is 5.69 Å². The second-order valence-electron chi connectivity index (χ2n) is 5.82. The maximum absolute atomic E-state index is 4.93. The van der Waals surface area contributed by atoms with E-state index in [1.165, 1.54) is 20.5 Å². The first-order valence-electron chi connectivity index (χ1n) is 7.76. The molecule has 23 heavy (non-hydrogen) atoms. The summed E-state index contributed by atoms with van der Waals surface area (Å²) in [7, 11) is 0. The molecule has 4 heteroatoms. The van der Waals surface area contributed by atoms with Crippen LogP contribution in [-0.2, 0) is 6.42 Å². The summed E-state index contributed by atoms with van der Waals surface area (Å²) in [4.78, 5) is 4.93. The Kier molecular flexibility index (Phi) is 2.88. The Bertz CT molecular complexity index is 1070. The molecule has 0 saturated heterocycles. The topological polar surface area (TPSA) is 22.2 Å². The number of aromatic nitrogens is 3. The fourth-order valence-electron chi connectivity index (χ4n) is 3.46. The standard InChI is InChI=1S/C19H14IN3/c20-13-10-11-15-18(12-13)23-17-9-5-4-8-16(17)22(19(23)21-15)14-6-2-1-3-7-14/h1-4,6-8,10-12H,5,9H2. The van der Waals surface area contributed by atoms with Crippen LogP contribution >= 0.6 is 22.6 Å². The van der Waals surface area contributed by atoms with E-state index < -0.39 is 0 Å². The van der Waals surface area contributed by atoms with Gasteiger partial charge in [0.05, 0.1) is 22.4 Å². The first-order chi connectivity index (χ1) is 11.3. The van der Waals surface area contributed by atoms with Crippen molar-refractivity contribution < 1.29 is 0 Å². The molecule has 0 saturated carbocycles. The van der Waals surface area contributed by atoms with E-state index in [0.717, 1.165) is 29.8 Å². The molecule has 2 aromatic heterocycles. The van der Waals surface area contributed by atoms with Crippen molar-refractivity contribution in [3.05, 3.63) is 69.6 Å². The molecule has 0 N–H and O–H groups in total. The number of hydrogen-bond acceptors (Lipinski definition) is 1. The van der Waals surface area contributed by atoms with Crippen molar-refractivity contribution in [1.82, 2.24) is 14.0 Å². The minimum Gasteiger partial charge on any atom is -0.280 e. The Hall–Kier alpha value is -2.08. The summed E-state index contributed by atoms with van der Waals surface area (Å²) < 4.78 is 5.85. The van der Waals surface area contributed by atoms with E-state index in [1.54, 1.807) is 0 Å². The summed E-state index contributed by atoms with van der Waals surface area (Å²) >= 11 is 2.37. The van der Waals surface area contributed by atoms with Gasteiger partial charge >= 0.3 is 0 Å². The van der Waals surface area contributed by atoms with Gasteiger partial charge in [0.15, 0.2) is 0 Å². The number of hydrogen-bond donors (Lipinski definition) is 0. The van der Waals surface area contributed by atoms with Gasteiger partial charge in [-0.2, -0.15) is 0 Å². The summed E-state index contributed by atoms with van der Waals surface area (Å²) in [5.41, 5.74) is 6.03. The van der Waals surface area contributed by atoms with Crippen LogP contribution in [0.4, 0.5) is 0 Å². The number of para-hydroxylation sites is 1. The number of allylic oxidation sites excluding steroid dienone is 1. The predicted molar refractivity (Wildman–Crippen MR) is 102 cm³/mol. The molecule has 0 bridgehead atoms. The van der Waals surface area contributed by atoms with Crippen LogP contribution in [0.2, 0.25) is 0 Å². The van der Waals surface area contributed by atoms with Crippen molar-refractivity contribution in [2.75, 3.05) is 0 Å². The molecule has 0 aliphatic heterocycles. The largest absolute Gasteiger partial charge is 0.280 e. The van der Waals surface area contributed by atoms with E-state index >= 15 is 0 Å². The van der Waals surface area contributed by atoms with Crippen LogP contribution < -0.4 is 0 Å². The average Bonchev–Trinajstić information content (AvgIpc) is 3.10. The van der Waals surface area contributed by atoms with Gasteiger partial charge in [0, 0.05) is 9.26 Å². The third-order valence-corrected chi connectivity index (χ3v) is 5.11. The molecule has 5 rings (SSSR count). The second-order valence-corrected chi connectivity index (χ2v) is 7.07. The van der Waals surface area contributed by atoms with Crippen LogP contribution in [0.15, 0.2) is 54.6 Å². The monoisotopic (exact) mass is 411 g/mol. The number of benzene rings is 2. The van der Waals surface area contributed by atoms with Gasteiger partial charge in [0.1, 0.15) is 0 Å². The normalized spacial score (nSPS) is 13.8. The van der Waals surface area contributed by atoms with Crippen LogP contribution in [0, 0.1) is 3.57 Å². The highest BCUT2D eigenvalue weighted by atomic mass is 127. The van der Waals surface area contributed by atoms with Gasteiger partial charge in [-0.15, -0.1) is 0 Å². The van der Waals surface area contributed by atoms with Crippen LogP contribution in [0.25, 0.3) is 28.6 Å². The number of halogens is 1. The summed E-state index contributed by atoms with van der Waals surface area (Å²) in [5, 5.41) is 0. The fourth-order valence-corrected chi connectivity index (χ4v) is 3.94. The molecule has 2 heterocycles. The number of imidazole rings is 2. The quantitative estimate of drug-likeness (QED) is 0.411. The molecule has 3 nitrogen and oxygen atoms in total. The van der Waals surface area contributed by atoms with Gasteiger partial charge in [-0.25, -0.2) is 4.98 Å². The molecular formula is C19H14IN3. The zero-order valence-corrected chi connectivity index (χ0v) is 14.6. The molecule has 4 aromatic rings. The average molecular weight is 411 g/mol. The van der Waals surface area contributed by atoms with Gasteiger partial charge < -0.3 is 0 Å². The summed E-state index contributed by atoms with van der Waals surface area (Å²) in [6.45, 7) is 0. The SMILES string of the molecule is Ic1ccc2nc3n(-c4ccccc4)c4c(n3c2c1)CCC=C4. The van der Waals surface area contributed by atoms with E-state index in [0.29, 0.717) is 0 Å². The summed E-state index contributed by atoms with van der Waals surface area (Å²) in [6, 6.07) is 17.0. The molecule has 1 aliphatic carbocycles. The maximum atomic E-state index is 4.93. The lowest BCUT2D eigenvalue weighted by molar-refractivity contribution is 0.917. The third-order valence-electron chi connectivity index (χ3n) is 4.44. The smallest absolute Gasteiger partial charge is 0.220 e. The van der Waals surface area contributed by atoms with Gasteiger partial charge in [0.2, 0.25) is 5.78 Å². The molecule has 0 amide bonds. The summed E-state index contributed by atoms with van der Waals surface area (Å²) in [6.07, 6.45) is 6.64. The van der Waals surface area contributed by atoms with E-state index in [-0.39, 0.29) is 0 Å². The zero-order chi connectivity index (χ0) is 15.4. The van der Waals surface area contributed by atoms with Crippen LogP contribution in [0.1, 0.15) is 17.8 Å². The van der Waals surface area contributed by atoms with E-state index in [4.69, 9.17) is 4.98 Å². The van der Waals surface area contributed by atoms with Crippen molar-refractivity contribution in [2.45, 2.75) is 12.8 Å². The van der Waals surface area contributed by atoms with Gasteiger partial charge in [-0.3, -0.25) is 8.97 Å². The highest BCUT2D eigenvalue weighted by Crippen LogP contribution is 2.31. The third kappa shape index (κ3) is 1.91. The second kappa shape index (κ2) is 4.96. The van der Waals surface area contributed by atoms with Crippen LogP contribution in [-0.4, -0.2) is 14.0 Å². The molecule has 1 aliphatic rings. The zero-order valence-electron chi connectivity index (χ0n) is 12.4. The highest BCUT2D eigenvalue weighted by molar-refractivity contribution is 14.1. The Balaban J connectivity index is 1.98.